The Morgan fingerprint density at radius 3 is 2.56 bits per heavy atom. The number of nitrogen functional groups attached to an aromatic ring is 1. The molecule has 0 spiro atoms. The summed E-state index contributed by atoms with van der Waals surface area (Å²) >= 11 is 1.88. The Kier molecular flexibility index (Phi) is 7.87. The van der Waals surface area contributed by atoms with E-state index in [1.165, 1.54) is 11.0 Å². The zero-order chi connectivity index (χ0) is 26.6. The molecule has 202 valence electrons. The summed E-state index contributed by atoms with van der Waals surface area (Å²) in [4.78, 5) is 10.3. The number of hydrogen-bond acceptors (Lipinski definition) is 9. The first-order chi connectivity index (χ1) is 19.1. The van der Waals surface area contributed by atoms with Crippen LogP contribution in [0.4, 0.5) is 10.2 Å². The summed E-state index contributed by atoms with van der Waals surface area (Å²) in [6.07, 6.45) is 4.75. The van der Waals surface area contributed by atoms with Crippen LogP contribution in [0.15, 0.2) is 64.1 Å². The predicted octanol–water partition coefficient (Wildman–Crippen LogP) is 5.34. The third kappa shape index (κ3) is 6.14. The van der Waals surface area contributed by atoms with Crippen molar-refractivity contribution in [3.8, 4) is 34.0 Å². The van der Waals surface area contributed by atoms with E-state index in [1.54, 1.807) is 18.3 Å². The molecule has 8 nitrogen and oxygen atoms in total. The second-order valence-electron chi connectivity index (χ2n) is 9.78. The molecule has 0 aliphatic carbocycles. The van der Waals surface area contributed by atoms with Crippen molar-refractivity contribution < 1.29 is 18.4 Å². The standard InChI is InChI=1S/C29H30FN5O3S/c30-24-13-18(15-32-20-7-10-37-17-20)1-6-23(24)25-14-27(38-35-25)28-29(31)33-16-26(34-28)19-2-4-21(5-3-19)39-22-8-11-36-12-9-22/h1-6,13-14,16,20,22,32H,7-12,15,17H2,(H2,31,33). The summed E-state index contributed by atoms with van der Waals surface area (Å²) in [5.41, 5.74) is 9.66. The van der Waals surface area contributed by atoms with Gasteiger partial charge in [0.05, 0.1) is 18.5 Å². The average molecular weight is 548 g/mol. The van der Waals surface area contributed by atoms with Crippen molar-refractivity contribution >= 4 is 17.6 Å². The van der Waals surface area contributed by atoms with Crippen molar-refractivity contribution in [1.29, 1.82) is 0 Å². The molecule has 2 aliphatic rings. The zero-order valence-electron chi connectivity index (χ0n) is 21.4. The van der Waals surface area contributed by atoms with Gasteiger partial charge in [0.25, 0.3) is 0 Å². The van der Waals surface area contributed by atoms with E-state index in [2.05, 4.69) is 27.6 Å². The minimum Gasteiger partial charge on any atom is -0.382 e. The molecule has 2 aromatic heterocycles. The van der Waals surface area contributed by atoms with E-state index in [0.29, 0.717) is 52.8 Å². The molecular formula is C29H30FN5O3S. The highest BCUT2D eigenvalue weighted by Crippen LogP contribution is 2.33. The molecule has 3 N–H and O–H groups in total. The Hall–Kier alpha value is -3.31. The Morgan fingerprint density at radius 1 is 0.974 bits per heavy atom. The third-order valence-electron chi connectivity index (χ3n) is 7.00. The molecule has 2 saturated heterocycles. The molecule has 0 amide bonds. The summed E-state index contributed by atoms with van der Waals surface area (Å²) in [6, 6.07) is 15.3. The van der Waals surface area contributed by atoms with Crippen LogP contribution in [0.5, 0.6) is 0 Å². The summed E-state index contributed by atoms with van der Waals surface area (Å²) in [5, 5.41) is 8.07. The second kappa shape index (κ2) is 11.8. The highest BCUT2D eigenvalue weighted by Gasteiger charge is 2.19. The number of benzene rings is 2. The number of thioether (sulfide) groups is 1. The maximum atomic E-state index is 15.0. The van der Waals surface area contributed by atoms with Gasteiger partial charge < -0.3 is 25.0 Å². The number of halogens is 1. The fourth-order valence-corrected chi connectivity index (χ4v) is 5.86. The number of aromatic nitrogens is 3. The van der Waals surface area contributed by atoms with Gasteiger partial charge in [-0.15, -0.1) is 11.8 Å². The van der Waals surface area contributed by atoms with E-state index in [4.69, 9.17) is 24.7 Å². The van der Waals surface area contributed by atoms with E-state index >= 15 is 0 Å². The van der Waals surface area contributed by atoms with Gasteiger partial charge in [0.15, 0.2) is 17.3 Å². The van der Waals surface area contributed by atoms with Crippen LogP contribution in [-0.4, -0.2) is 52.8 Å². The van der Waals surface area contributed by atoms with Crippen molar-refractivity contribution in [2.24, 2.45) is 0 Å². The maximum absolute atomic E-state index is 15.0. The molecule has 2 aliphatic heterocycles. The van der Waals surface area contributed by atoms with E-state index in [9.17, 15) is 4.39 Å². The smallest absolute Gasteiger partial charge is 0.189 e. The molecule has 2 aromatic carbocycles. The minimum absolute atomic E-state index is 0.214. The van der Waals surface area contributed by atoms with Crippen LogP contribution in [0, 0.1) is 5.82 Å². The lowest BCUT2D eigenvalue weighted by Crippen LogP contribution is -2.28. The highest BCUT2D eigenvalue weighted by atomic mass is 32.2. The number of nitrogens with two attached hydrogens (primary N) is 1. The molecule has 0 bridgehead atoms. The van der Waals surface area contributed by atoms with Crippen LogP contribution in [-0.2, 0) is 16.0 Å². The number of ether oxygens (including phenoxy) is 2. The molecular weight excluding hydrogens is 517 g/mol. The normalized spacial score (nSPS) is 18.0. The lowest BCUT2D eigenvalue weighted by Gasteiger charge is -2.21. The van der Waals surface area contributed by atoms with E-state index in [-0.39, 0.29) is 11.6 Å². The van der Waals surface area contributed by atoms with Crippen LogP contribution in [0.1, 0.15) is 24.8 Å². The molecule has 39 heavy (non-hydrogen) atoms. The number of rotatable bonds is 8. The van der Waals surface area contributed by atoms with E-state index < -0.39 is 0 Å². The van der Waals surface area contributed by atoms with Gasteiger partial charge >= 0.3 is 0 Å². The number of nitrogens with one attached hydrogen (secondary N) is 1. The molecule has 0 saturated carbocycles. The number of anilines is 1. The van der Waals surface area contributed by atoms with Gasteiger partial charge in [-0.1, -0.05) is 23.4 Å². The van der Waals surface area contributed by atoms with Crippen LogP contribution in [0.25, 0.3) is 34.0 Å². The quantitative estimate of drug-likeness (QED) is 0.302. The largest absolute Gasteiger partial charge is 0.382 e. The SMILES string of the molecule is Nc1ncc(-c2ccc(SC3CCOCC3)cc2)nc1-c1cc(-c2ccc(CNC3CCOC3)cc2F)no1. The Balaban J connectivity index is 1.17. The molecule has 1 unspecified atom stereocenters. The van der Waals surface area contributed by atoms with Gasteiger partial charge in [-0.05, 0) is 49.1 Å². The summed E-state index contributed by atoms with van der Waals surface area (Å²) in [5.74, 6) is 0.171. The minimum atomic E-state index is -0.372. The topological polar surface area (TPSA) is 108 Å². The maximum Gasteiger partial charge on any atom is 0.189 e. The first-order valence-electron chi connectivity index (χ1n) is 13.2. The van der Waals surface area contributed by atoms with Gasteiger partial charge in [-0.2, -0.15) is 0 Å². The predicted molar refractivity (Wildman–Crippen MR) is 149 cm³/mol. The van der Waals surface area contributed by atoms with Crippen molar-refractivity contribution in [2.45, 2.75) is 42.0 Å². The Bertz CT molecular complexity index is 1420. The van der Waals surface area contributed by atoms with Crippen molar-refractivity contribution in [3.63, 3.8) is 0 Å². The Morgan fingerprint density at radius 2 is 1.79 bits per heavy atom. The fraction of sp³-hybridized carbons (Fsp3) is 0.345. The first-order valence-corrected chi connectivity index (χ1v) is 14.0. The molecule has 10 heteroatoms. The first kappa shape index (κ1) is 25.9. The molecule has 0 radical (unpaired) electrons. The van der Waals surface area contributed by atoms with E-state index in [0.717, 1.165) is 50.2 Å². The van der Waals surface area contributed by atoms with Crippen LogP contribution >= 0.6 is 11.8 Å². The van der Waals surface area contributed by atoms with Gasteiger partial charge in [0.1, 0.15) is 11.5 Å². The molecule has 1 atom stereocenters. The van der Waals surface area contributed by atoms with Crippen molar-refractivity contribution in [3.05, 3.63) is 66.1 Å². The Labute approximate surface area is 230 Å². The summed E-state index contributed by atoms with van der Waals surface area (Å²) < 4.78 is 31.4. The van der Waals surface area contributed by atoms with Crippen molar-refractivity contribution in [1.82, 2.24) is 20.4 Å². The second-order valence-corrected chi connectivity index (χ2v) is 11.1. The summed E-state index contributed by atoms with van der Waals surface area (Å²) in [7, 11) is 0. The highest BCUT2D eigenvalue weighted by molar-refractivity contribution is 8.00. The monoisotopic (exact) mass is 547 g/mol. The molecule has 4 heterocycles. The summed E-state index contributed by atoms with van der Waals surface area (Å²) in [6.45, 7) is 3.68. The van der Waals surface area contributed by atoms with Crippen molar-refractivity contribution in [2.75, 3.05) is 32.2 Å². The lowest BCUT2D eigenvalue weighted by atomic mass is 10.1. The third-order valence-corrected chi connectivity index (χ3v) is 8.35. The van der Waals surface area contributed by atoms with Crippen LogP contribution in [0.2, 0.25) is 0 Å². The zero-order valence-corrected chi connectivity index (χ0v) is 22.3. The lowest BCUT2D eigenvalue weighted by molar-refractivity contribution is 0.100. The molecule has 2 fully saturated rings. The van der Waals surface area contributed by atoms with Gasteiger partial charge in [-0.3, -0.25) is 0 Å². The molecule has 4 aromatic rings. The van der Waals surface area contributed by atoms with Gasteiger partial charge in [0.2, 0.25) is 0 Å². The van der Waals surface area contributed by atoms with Gasteiger partial charge in [0, 0.05) is 59.7 Å². The average Bonchev–Trinajstić information content (AvgIpc) is 3.66. The van der Waals surface area contributed by atoms with Gasteiger partial charge in [-0.25, -0.2) is 14.4 Å². The fourth-order valence-electron chi connectivity index (χ4n) is 4.76. The molecule has 6 rings (SSSR count). The van der Waals surface area contributed by atoms with Crippen LogP contribution < -0.4 is 11.1 Å². The van der Waals surface area contributed by atoms with E-state index in [1.807, 2.05) is 30.0 Å². The number of hydrogen-bond donors (Lipinski definition) is 2. The van der Waals surface area contributed by atoms with Crippen LogP contribution in [0.3, 0.4) is 0 Å². The number of nitrogens with zero attached hydrogens (tertiary/aromatic N) is 3.